The van der Waals surface area contributed by atoms with Crippen LogP contribution < -0.4 is 16.0 Å². The molecule has 7 nitrogen and oxygen atoms in total. The Morgan fingerprint density at radius 1 is 1.37 bits per heavy atom. The molecule has 1 saturated carbocycles. The van der Waals surface area contributed by atoms with Crippen LogP contribution in [0.25, 0.3) is 4.85 Å². The highest BCUT2D eigenvalue weighted by atomic mass is 32.2. The number of primary amides is 1. The van der Waals surface area contributed by atoms with Crippen LogP contribution in [0.15, 0.2) is 35.4 Å². The van der Waals surface area contributed by atoms with Crippen LogP contribution in [0.5, 0.6) is 0 Å². The number of anilines is 1. The van der Waals surface area contributed by atoms with Crippen molar-refractivity contribution < 1.29 is 4.79 Å². The minimum Gasteiger partial charge on any atom is -0.368 e. The third-order valence-electron chi connectivity index (χ3n) is 7.10. The number of amides is 1. The lowest BCUT2D eigenvalue weighted by molar-refractivity contribution is -0.117. The Bertz CT molecular complexity index is 1160. The molecule has 1 aliphatic carbocycles. The summed E-state index contributed by atoms with van der Waals surface area (Å²) in [5, 5.41) is 13.5. The third-order valence-corrected chi connectivity index (χ3v) is 8.36. The highest BCUT2D eigenvalue weighted by Crippen LogP contribution is 2.45. The first-order valence-electron chi connectivity index (χ1n) is 12.2. The summed E-state index contributed by atoms with van der Waals surface area (Å²) in [5.74, 6) is 0.124. The van der Waals surface area contributed by atoms with Crippen LogP contribution in [-0.2, 0) is 11.2 Å². The van der Waals surface area contributed by atoms with Crippen molar-refractivity contribution in [2.45, 2.75) is 62.3 Å². The lowest BCUT2D eigenvalue weighted by atomic mass is 10.0. The predicted octanol–water partition coefficient (Wildman–Crippen LogP) is 4.74. The lowest BCUT2D eigenvalue weighted by Crippen LogP contribution is -2.44. The molecule has 1 saturated heterocycles. The Morgan fingerprint density at radius 2 is 2.06 bits per heavy atom. The van der Waals surface area contributed by atoms with Gasteiger partial charge < -0.3 is 16.0 Å². The average Bonchev–Trinajstić information content (AvgIpc) is 3.62. The number of aromatic nitrogens is 1. The van der Waals surface area contributed by atoms with Gasteiger partial charge in [0.1, 0.15) is 22.2 Å². The van der Waals surface area contributed by atoms with Crippen LogP contribution in [0.2, 0.25) is 0 Å². The standard InChI is InChI=1S/C27H32N6OS/c1-4-20-21(16-28)26(35-23(24(29)34)18-8-6-5-7-9-18)32-25(22(20)30-3)33-14-10-19(11-15-33)31-17-27(2)12-13-27/h5-9,19,23,31H,4,10-15,17H2,1-2H3,(H2,29,34). The number of rotatable bonds is 9. The van der Waals surface area contributed by atoms with Crippen LogP contribution in [-0.4, -0.2) is 36.6 Å². The number of pyridine rings is 1. The molecule has 35 heavy (non-hydrogen) atoms. The second-order valence-electron chi connectivity index (χ2n) is 9.78. The molecule has 2 heterocycles. The first-order chi connectivity index (χ1) is 16.9. The van der Waals surface area contributed by atoms with Gasteiger partial charge in [-0.15, -0.1) is 0 Å². The fraction of sp³-hybridized carbons (Fsp3) is 0.481. The zero-order valence-electron chi connectivity index (χ0n) is 20.4. The number of carbonyl (C=O) groups excluding carboxylic acids is 1. The number of nitrogens with zero attached hydrogens (tertiary/aromatic N) is 4. The van der Waals surface area contributed by atoms with Crippen LogP contribution >= 0.6 is 11.8 Å². The van der Waals surface area contributed by atoms with E-state index in [4.69, 9.17) is 17.3 Å². The zero-order valence-corrected chi connectivity index (χ0v) is 21.2. The van der Waals surface area contributed by atoms with Gasteiger partial charge in [-0.05, 0) is 48.6 Å². The van der Waals surface area contributed by atoms with E-state index in [1.54, 1.807) is 0 Å². The van der Waals surface area contributed by atoms with Gasteiger partial charge >= 0.3 is 0 Å². The molecule has 0 radical (unpaired) electrons. The summed E-state index contributed by atoms with van der Waals surface area (Å²) in [5.41, 5.74) is 8.49. The molecular formula is C27H32N6OS. The fourth-order valence-corrected chi connectivity index (χ4v) is 5.63. The van der Waals surface area contributed by atoms with Gasteiger partial charge in [-0.3, -0.25) is 4.79 Å². The molecule has 1 atom stereocenters. The quantitative estimate of drug-likeness (QED) is 0.391. The molecule has 4 rings (SSSR count). The summed E-state index contributed by atoms with van der Waals surface area (Å²) in [6.07, 6.45) is 5.10. The molecule has 0 bridgehead atoms. The van der Waals surface area contributed by atoms with E-state index < -0.39 is 11.2 Å². The molecule has 8 heteroatoms. The summed E-state index contributed by atoms with van der Waals surface area (Å²) in [7, 11) is 0. The fourth-order valence-electron chi connectivity index (χ4n) is 4.58. The normalized spacial score (nSPS) is 17.9. The molecular weight excluding hydrogens is 456 g/mol. The predicted molar refractivity (Wildman–Crippen MR) is 139 cm³/mol. The molecule has 1 aromatic heterocycles. The van der Waals surface area contributed by atoms with Crippen molar-refractivity contribution in [2.24, 2.45) is 11.1 Å². The molecule has 1 unspecified atom stereocenters. The van der Waals surface area contributed by atoms with E-state index in [1.165, 1.54) is 24.6 Å². The van der Waals surface area contributed by atoms with Gasteiger partial charge in [-0.2, -0.15) is 5.26 Å². The summed E-state index contributed by atoms with van der Waals surface area (Å²) in [4.78, 5) is 23.2. The van der Waals surface area contributed by atoms with E-state index in [9.17, 15) is 10.1 Å². The number of carbonyl (C=O) groups is 1. The van der Waals surface area contributed by atoms with Crippen molar-refractivity contribution in [1.29, 1.82) is 5.26 Å². The molecule has 2 aromatic rings. The van der Waals surface area contributed by atoms with Gasteiger partial charge in [0.25, 0.3) is 0 Å². The smallest absolute Gasteiger partial charge is 0.235 e. The van der Waals surface area contributed by atoms with Crippen molar-refractivity contribution in [1.82, 2.24) is 10.3 Å². The number of hydrogen-bond donors (Lipinski definition) is 2. The van der Waals surface area contributed by atoms with E-state index in [-0.39, 0.29) is 0 Å². The van der Waals surface area contributed by atoms with Gasteiger partial charge in [-0.1, -0.05) is 55.9 Å². The maximum Gasteiger partial charge on any atom is 0.235 e. The monoisotopic (exact) mass is 488 g/mol. The van der Waals surface area contributed by atoms with Gasteiger partial charge in [-0.25, -0.2) is 9.83 Å². The topological polar surface area (TPSA) is 99.4 Å². The summed E-state index contributed by atoms with van der Waals surface area (Å²) in [6, 6.07) is 12.0. The molecule has 3 N–H and O–H groups in total. The van der Waals surface area contributed by atoms with Crippen molar-refractivity contribution in [3.8, 4) is 6.07 Å². The number of nitriles is 1. The third kappa shape index (κ3) is 5.61. The Balaban J connectivity index is 1.62. The van der Waals surface area contributed by atoms with E-state index in [1.807, 2.05) is 37.3 Å². The van der Waals surface area contributed by atoms with Crippen LogP contribution in [0.4, 0.5) is 11.5 Å². The van der Waals surface area contributed by atoms with Crippen molar-refractivity contribution >= 4 is 29.2 Å². The Labute approximate surface area is 211 Å². The SMILES string of the molecule is [C-]#[N+]c1c(N2CCC(NCC3(C)CC3)CC2)nc(SC(C(N)=O)c2ccccc2)c(C#N)c1CC. The second-order valence-corrected chi connectivity index (χ2v) is 10.9. The maximum absolute atomic E-state index is 12.4. The van der Waals surface area contributed by atoms with Crippen molar-refractivity contribution in [3.63, 3.8) is 0 Å². The average molecular weight is 489 g/mol. The van der Waals surface area contributed by atoms with E-state index in [2.05, 4.69) is 28.1 Å². The van der Waals surface area contributed by atoms with Crippen LogP contribution in [0.1, 0.15) is 61.5 Å². The molecule has 2 fully saturated rings. The number of nitrogens with one attached hydrogen (secondary N) is 1. The van der Waals surface area contributed by atoms with E-state index in [0.29, 0.717) is 45.5 Å². The molecule has 1 amide bonds. The first kappa shape index (κ1) is 25.0. The highest BCUT2D eigenvalue weighted by Gasteiger charge is 2.37. The number of piperidine rings is 1. The highest BCUT2D eigenvalue weighted by molar-refractivity contribution is 8.00. The number of nitrogens with two attached hydrogens (primary N) is 1. The Kier molecular flexibility index (Phi) is 7.64. The molecule has 182 valence electrons. The maximum atomic E-state index is 12.4. The van der Waals surface area contributed by atoms with Gasteiger partial charge in [0.2, 0.25) is 11.6 Å². The minimum atomic E-state index is -0.675. The van der Waals surface area contributed by atoms with Gasteiger partial charge in [0.15, 0.2) is 0 Å². The summed E-state index contributed by atoms with van der Waals surface area (Å²) < 4.78 is 0. The second kappa shape index (κ2) is 10.7. The number of benzene rings is 1. The minimum absolute atomic E-state index is 0.365. The number of hydrogen-bond acceptors (Lipinski definition) is 6. The molecule has 1 aromatic carbocycles. The molecule has 0 spiro atoms. The Hall–Kier alpha value is -3.07. The zero-order chi connectivity index (χ0) is 25.0. The summed E-state index contributed by atoms with van der Waals surface area (Å²) >= 11 is 1.20. The van der Waals surface area contributed by atoms with Crippen molar-refractivity contribution in [2.75, 3.05) is 24.5 Å². The van der Waals surface area contributed by atoms with Crippen LogP contribution in [0, 0.1) is 23.3 Å². The van der Waals surface area contributed by atoms with Gasteiger partial charge in [0.05, 0.1) is 12.1 Å². The van der Waals surface area contributed by atoms with Gasteiger partial charge in [0, 0.05) is 25.7 Å². The van der Waals surface area contributed by atoms with E-state index >= 15 is 0 Å². The molecule has 1 aliphatic heterocycles. The Morgan fingerprint density at radius 3 is 2.60 bits per heavy atom. The summed E-state index contributed by atoms with van der Waals surface area (Å²) in [6.45, 7) is 14.8. The lowest BCUT2D eigenvalue weighted by Gasteiger charge is -2.35. The van der Waals surface area contributed by atoms with Crippen molar-refractivity contribution in [3.05, 3.63) is 58.4 Å². The first-order valence-corrected chi connectivity index (χ1v) is 13.1. The van der Waals surface area contributed by atoms with E-state index in [0.717, 1.165) is 38.0 Å². The molecule has 2 aliphatic rings. The van der Waals surface area contributed by atoms with Crippen LogP contribution in [0.3, 0.4) is 0 Å². The largest absolute Gasteiger partial charge is 0.368 e. The number of thioether (sulfide) groups is 1.